The van der Waals surface area contributed by atoms with Gasteiger partial charge in [-0.15, -0.1) is 11.3 Å². The lowest BCUT2D eigenvalue weighted by atomic mass is 10.1. The van der Waals surface area contributed by atoms with Crippen molar-refractivity contribution in [2.45, 2.75) is 13.3 Å². The number of allylic oxidation sites excluding steroid dienone is 1. The molecule has 0 bridgehead atoms. The Kier molecular flexibility index (Phi) is 5.17. The number of carbonyl (C=O) groups is 1. The molecule has 0 saturated heterocycles. The van der Waals surface area contributed by atoms with Gasteiger partial charge in [-0.25, -0.2) is 0 Å². The van der Waals surface area contributed by atoms with Crippen molar-refractivity contribution >= 4 is 23.2 Å². The zero-order valence-electron chi connectivity index (χ0n) is 12.4. The smallest absolute Gasteiger partial charge is 0.195 e. The fourth-order valence-corrected chi connectivity index (χ4v) is 2.86. The molecule has 0 atom stereocenters. The maximum atomic E-state index is 12.2. The minimum Gasteiger partial charge on any atom is -0.493 e. The van der Waals surface area contributed by atoms with Gasteiger partial charge >= 0.3 is 0 Å². The van der Waals surface area contributed by atoms with Crippen LogP contribution in [0.4, 0.5) is 0 Å². The third kappa shape index (κ3) is 3.52. The molecule has 0 fully saturated rings. The minimum absolute atomic E-state index is 0.00423. The topological polar surface area (TPSA) is 35.5 Å². The number of benzene rings is 1. The first-order valence-corrected chi connectivity index (χ1v) is 7.53. The van der Waals surface area contributed by atoms with Crippen molar-refractivity contribution in [3.8, 4) is 11.5 Å². The van der Waals surface area contributed by atoms with E-state index in [-0.39, 0.29) is 5.78 Å². The Hall–Kier alpha value is -2.07. The van der Waals surface area contributed by atoms with E-state index in [0.717, 1.165) is 16.9 Å². The molecule has 0 spiro atoms. The van der Waals surface area contributed by atoms with Crippen LogP contribution in [0.15, 0.2) is 36.4 Å². The lowest BCUT2D eigenvalue weighted by Crippen LogP contribution is -1.93. The lowest BCUT2D eigenvalue weighted by Gasteiger charge is -2.09. The summed E-state index contributed by atoms with van der Waals surface area (Å²) in [6.07, 6.45) is 4.28. The third-order valence-corrected chi connectivity index (χ3v) is 4.34. The fourth-order valence-electron chi connectivity index (χ4n) is 1.99. The van der Waals surface area contributed by atoms with Crippen LogP contribution in [-0.2, 0) is 6.42 Å². The Morgan fingerprint density at radius 1 is 1.19 bits per heavy atom. The highest BCUT2D eigenvalue weighted by atomic mass is 32.1. The molecule has 0 aliphatic carbocycles. The molecule has 0 saturated carbocycles. The third-order valence-electron chi connectivity index (χ3n) is 3.10. The van der Waals surface area contributed by atoms with Gasteiger partial charge in [0.25, 0.3) is 0 Å². The zero-order chi connectivity index (χ0) is 15.2. The molecule has 0 amide bonds. The Morgan fingerprint density at radius 3 is 2.62 bits per heavy atom. The van der Waals surface area contributed by atoms with E-state index < -0.39 is 0 Å². The Morgan fingerprint density at radius 2 is 2.00 bits per heavy atom. The van der Waals surface area contributed by atoms with Crippen LogP contribution in [0.2, 0.25) is 0 Å². The Labute approximate surface area is 128 Å². The molecule has 3 nitrogen and oxygen atoms in total. The number of hydrogen-bond acceptors (Lipinski definition) is 4. The molecule has 4 heteroatoms. The highest BCUT2D eigenvalue weighted by Crippen LogP contribution is 2.31. The number of ether oxygens (including phenoxy) is 2. The molecule has 110 valence electrons. The second-order valence-electron chi connectivity index (χ2n) is 4.40. The lowest BCUT2D eigenvalue weighted by molar-refractivity contribution is 0.105. The van der Waals surface area contributed by atoms with Crippen LogP contribution >= 0.6 is 11.3 Å². The van der Waals surface area contributed by atoms with E-state index in [2.05, 4.69) is 6.92 Å². The SMILES string of the molecule is CCc1ccc(C(=O)/C=C/c2cccc(OC)c2OC)s1. The van der Waals surface area contributed by atoms with Crippen molar-refractivity contribution in [3.05, 3.63) is 51.7 Å². The molecule has 2 aromatic rings. The molecular weight excluding hydrogens is 284 g/mol. The van der Waals surface area contributed by atoms with Crippen LogP contribution in [0.1, 0.15) is 27.0 Å². The van der Waals surface area contributed by atoms with Crippen molar-refractivity contribution in [1.29, 1.82) is 0 Å². The largest absolute Gasteiger partial charge is 0.493 e. The Balaban J connectivity index is 2.22. The Bertz CT molecular complexity index is 656. The average molecular weight is 302 g/mol. The van der Waals surface area contributed by atoms with E-state index in [1.807, 2.05) is 30.3 Å². The summed E-state index contributed by atoms with van der Waals surface area (Å²) in [6, 6.07) is 9.45. The maximum absolute atomic E-state index is 12.2. The molecule has 0 unspecified atom stereocenters. The number of thiophene rings is 1. The number of ketones is 1. The predicted molar refractivity (Wildman–Crippen MR) is 86.6 cm³/mol. The summed E-state index contributed by atoms with van der Waals surface area (Å²) in [6.45, 7) is 2.08. The molecule has 1 aromatic heterocycles. The van der Waals surface area contributed by atoms with Gasteiger partial charge in [0.05, 0.1) is 19.1 Å². The summed E-state index contributed by atoms with van der Waals surface area (Å²) < 4.78 is 10.6. The summed E-state index contributed by atoms with van der Waals surface area (Å²) in [5.41, 5.74) is 0.817. The first-order valence-electron chi connectivity index (χ1n) is 6.71. The molecule has 1 heterocycles. The summed E-state index contributed by atoms with van der Waals surface area (Å²) in [5, 5.41) is 0. The number of aryl methyl sites for hydroxylation is 1. The van der Waals surface area contributed by atoms with Crippen molar-refractivity contribution in [3.63, 3.8) is 0 Å². The van der Waals surface area contributed by atoms with E-state index in [4.69, 9.17) is 9.47 Å². The van der Waals surface area contributed by atoms with Crippen molar-refractivity contribution in [2.24, 2.45) is 0 Å². The summed E-state index contributed by atoms with van der Waals surface area (Å²) >= 11 is 1.54. The van der Waals surface area contributed by atoms with Crippen molar-refractivity contribution in [2.75, 3.05) is 14.2 Å². The average Bonchev–Trinajstić information content (AvgIpc) is 3.01. The van der Waals surface area contributed by atoms with Gasteiger partial charge in [-0.3, -0.25) is 4.79 Å². The molecule has 0 N–H and O–H groups in total. The number of hydrogen-bond donors (Lipinski definition) is 0. The molecule has 1 aromatic carbocycles. The number of methoxy groups -OCH3 is 2. The highest BCUT2D eigenvalue weighted by Gasteiger charge is 2.09. The molecule has 0 aliphatic heterocycles. The van der Waals surface area contributed by atoms with Gasteiger partial charge in [0.2, 0.25) is 0 Å². The van der Waals surface area contributed by atoms with E-state index in [0.29, 0.717) is 11.5 Å². The van der Waals surface area contributed by atoms with E-state index in [9.17, 15) is 4.79 Å². The van der Waals surface area contributed by atoms with Crippen LogP contribution in [0.5, 0.6) is 11.5 Å². The molecule has 21 heavy (non-hydrogen) atoms. The molecule has 2 rings (SSSR count). The van der Waals surface area contributed by atoms with Gasteiger partial charge in [-0.2, -0.15) is 0 Å². The standard InChI is InChI=1S/C17H18O3S/c1-4-13-9-11-16(21-13)14(18)10-8-12-6-5-7-15(19-2)17(12)20-3/h5-11H,4H2,1-3H3/b10-8+. The predicted octanol–water partition coefficient (Wildman–Crippen LogP) is 4.22. The van der Waals surface area contributed by atoms with Gasteiger partial charge in [-0.1, -0.05) is 19.1 Å². The van der Waals surface area contributed by atoms with Gasteiger partial charge in [-0.05, 0) is 36.8 Å². The summed E-state index contributed by atoms with van der Waals surface area (Å²) in [7, 11) is 3.18. The van der Waals surface area contributed by atoms with Gasteiger partial charge in [0.1, 0.15) is 0 Å². The number of carbonyl (C=O) groups excluding carboxylic acids is 1. The molecule has 0 aliphatic rings. The second-order valence-corrected chi connectivity index (χ2v) is 5.57. The van der Waals surface area contributed by atoms with E-state index in [1.54, 1.807) is 26.4 Å². The van der Waals surface area contributed by atoms with Crippen LogP contribution in [0.3, 0.4) is 0 Å². The van der Waals surface area contributed by atoms with E-state index >= 15 is 0 Å². The van der Waals surface area contributed by atoms with Crippen molar-refractivity contribution < 1.29 is 14.3 Å². The van der Waals surface area contributed by atoms with Crippen LogP contribution in [0.25, 0.3) is 6.08 Å². The van der Waals surface area contributed by atoms with Crippen molar-refractivity contribution in [1.82, 2.24) is 0 Å². The van der Waals surface area contributed by atoms with Gasteiger partial charge < -0.3 is 9.47 Å². The van der Waals surface area contributed by atoms with E-state index in [1.165, 1.54) is 16.2 Å². The second kappa shape index (κ2) is 7.09. The summed E-state index contributed by atoms with van der Waals surface area (Å²) in [5.74, 6) is 1.28. The maximum Gasteiger partial charge on any atom is 0.195 e. The monoisotopic (exact) mass is 302 g/mol. The first kappa shape index (κ1) is 15.3. The van der Waals surface area contributed by atoms with Crippen LogP contribution in [0, 0.1) is 0 Å². The zero-order valence-corrected chi connectivity index (χ0v) is 13.2. The quantitative estimate of drug-likeness (QED) is 0.592. The van der Waals surface area contributed by atoms with Crippen LogP contribution in [-0.4, -0.2) is 20.0 Å². The number of rotatable bonds is 6. The van der Waals surface area contributed by atoms with Crippen LogP contribution < -0.4 is 9.47 Å². The van der Waals surface area contributed by atoms with Gasteiger partial charge in [0, 0.05) is 10.4 Å². The number of para-hydroxylation sites is 1. The normalized spacial score (nSPS) is 10.8. The summed E-state index contributed by atoms with van der Waals surface area (Å²) in [4.78, 5) is 14.1. The molecular formula is C17H18O3S. The molecule has 0 radical (unpaired) electrons. The highest BCUT2D eigenvalue weighted by molar-refractivity contribution is 7.14. The first-order chi connectivity index (χ1) is 10.2. The fraction of sp³-hybridized carbons (Fsp3) is 0.235. The minimum atomic E-state index is 0.00423. The van der Waals surface area contributed by atoms with Gasteiger partial charge in [0.15, 0.2) is 17.3 Å².